The van der Waals surface area contributed by atoms with Crippen molar-refractivity contribution in [3.63, 3.8) is 0 Å². The Morgan fingerprint density at radius 1 is 0.773 bits per heavy atom. The SMILES string of the molecule is CCOc1ccccc1N(CC(=O)N(Cc1ccccc1)[C@@H](Cc1ccccc1)C(=O)NC(C)C)S(=O)(=O)c1ccccc1. The van der Waals surface area contributed by atoms with Crippen LogP contribution in [0.25, 0.3) is 0 Å². The quantitative estimate of drug-likeness (QED) is 0.204. The summed E-state index contributed by atoms with van der Waals surface area (Å²) in [6.45, 7) is 5.39. The van der Waals surface area contributed by atoms with E-state index < -0.39 is 28.5 Å². The normalized spacial score (nSPS) is 11.9. The minimum Gasteiger partial charge on any atom is -0.492 e. The number of rotatable bonds is 14. The Kier molecular flexibility index (Phi) is 11.2. The van der Waals surface area contributed by atoms with Crippen LogP contribution in [-0.2, 0) is 32.6 Å². The maximum Gasteiger partial charge on any atom is 0.264 e. The second-order valence-electron chi connectivity index (χ2n) is 10.6. The lowest BCUT2D eigenvalue weighted by Crippen LogP contribution is -2.54. The average Bonchev–Trinajstić information content (AvgIpc) is 3.03. The molecule has 0 saturated heterocycles. The number of benzene rings is 4. The molecule has 44 heavy (non-hydrogen) atoms. The Morgan fingerprint density at radius 2 is 1.32 bits per heavy atom. The summed E-state index contributed by atoms with van der Waals surface area (Å²) < 4.78 is 35.2. The lowest BCUT2D eigenvalue weighted by atomic mass is 10.0. The number of nitrogens with one attached hydrogen (secondary N) is 1. The van der Waals surface area contributed by atoms with E-state index in [1.54, 1.807) is 49.4 Å². The molecular formula is C35H39N3O5S. The summed E-state index contributed by atoms with van der Waals surface area (Å²) in [4.78, 5) is 29.8. The number of amides is 2. The number of para-hydroxylation sites is 2. The number of ether oxygens (including phenoxy) is 1. The molecule has 0 saturated carbocycles. The second kappa shape index (κ2) is 15.2. The monoisotopic (exact) mass is 613 g/mol. The summed E-state index contributed by atoms with van der Waals surface area (Å²) in [7, 11) is -4.21. The van der Waals surface area contributed by atoms with Gasteiger partial charge < -0.3 is 15.0 Å². The molecule has 4 rings (SSSR count). The molecule has 0 aliphatic rings. The lowest BCUT2D eigenvalue weighted by molar-refractivity contribution is -0.140. The third-order valence-corrected chi connectivity index (χ3v) is 8.72. The lowest BCUT2D eigenvalue weighted by Gasteiger charge is -2.34. The van der Waals surface area contributed by atoms with Crippen molar-refractivity contribution in [2.75, 3.05) is 17.5 Å². The molecule has 0 bridgehead atoms. The molecule has 1 N–H and O–H groups in total. The van der Waals surface area contributed by atoms with Gasteiger partial charge in [0.1, 0.15) is 18.3 Å². The Balaban J connectivity index is 1.82. The largest absolute Gasteiger partial charge is 0.492 e. The van der Waals surface area contributed by atoms with Crippen LogP contribution in [0.1, 0.15) is 31.9 Å². The van der Waals surface area contributed by atoms with E-state index in [1.807, 2.05) is 74.5 Å². The van der Waals surface area contributed by atoms with Gasteiger partial charge in [-0.2, -0.15) is 0 Å². The highest BCUT2D eigenvalue weighted by Crippen LogP contribution is 2.33. The summed E-state index contributed by atoms with van der Waals surface area (Å²) >= 11 is 0. The van der Waals surface area contributed by atoms with Crippen LogP contribution in [0, 0.1) is 0 Å². The average molecular weight is 614 g/mol. The zero-order chi connectivity index (χ0) is 31.5. The Morgan fingerprint density at radius 3 is 1.91 bits per heavy atom. The third-order valence-electron chi connectivity index (χ3n) is 6.94. The van der Waals surface area contributed by atoms with Gasteiger partial charge >= 0.3 is 0 Å². The first kappa shape index (κ1) is 32.3. The van der Waals surface area contributed by atoms with Crippen LogP contribution >= 0.6 is 0 Å². The highest BCUT2D eigenvalue weighted by atomic mass is 32.2. The smallest absolute Gasteiger partial charge is 0.264 e. The van der Waals surface area contributed by atoms with E-state index in [4.69, 9.17) is 4.74 Å². The summed E-state index contributed by atoms with van der Waals surface area (Å²) in [5.74, 6) is -0.518. The summed E-state index contributed by atoms with van der Waals surface area (Å²) in [5, 5.41) is 2.97. The van der Waals surface area contributed by atoms with Gasteiger partial charge in [-0.25, -0.2) is 8.42 Å². The molecular weight excluding hydrogens is 574 g/mol. The van der Waals surface area contributed by atoms with Crippen LogP contribution in [0.5, 0.6) is 5.75 Å². The van der Waals surface area contributed by atoms with Crippen LogP contribution in [0.4, 0.5) is 5.69 Å². The van der Waals surface area contributed by atoms with Crippen LogP contribution in [0.2, 0.25) is 0 Å². The number of sulfonamides is 1. The number of nitrogens with zero attached hydrogens (tertiary/aromatic N) is 2. The predicted molar refractivity (Wildman–Crippen MR) is 173 cm³/mol. The molecule has 9 heteroatoms. The number of hydrogen-bond acceptors (Lipinski definition) is 5. The maximum atomic E-state index is 14.5. The molecule has 8 nitrogen and oxygen atoms in total. The first-order valence-electron chi connectivity index (χ1n) is 14.7. The van der Waals surface area contributed by atoms with E-state index in [2.05, 4.69) is 5.32 Å². The van der Waals surface area contributed by atoms with Gasteiger partial charge in [-0.3, -0.25) is 13.9 Å². The molecule has 230 valence electrons. The minimum absolute atomic E-state index is 0.0343. The topological polar surface area (TPSA) is 96.0 Å². The van der Waals surface area contributed by atoms with Gasteiger partial charge in [-0.15, -0.1) is 0 Å². The van der Waals surface area contributed by atoms with E-state index in [-0.39, 0.29) is 35.5 Å². The standard InChI is InChI=1S/C35H39N3O5S/c1-4-43-33-23-15-14-22-31(33)38(44(41,42)30-20-12-7-13-21-30)26-34(39)37(25-29-18-10-6-11-19-29)32(35(40)36-27(2)3)24-28-16-8-5-9-17-28/h5-23,27,32H,4,24-26H2,1-3H3,(H,36,40)/t32-/m0/s1. The summed E-state index contributed by atoms with van der Waals surface area (Å²) in [5.41, 5.74) is 1.92. The molecule has 2 amide bonds. The molecule has 0 aliphatic heterocycles. The fourth-order valence-electron chi connectivity index (χ4n) is 4.89. The van der Waals surface area contributed by atoms with Crippen molar-refractivity contribution in [1.82, 2.24) is 10.2 Å². The van der Waals surface area contributed by atoms with Crippen LogP contribution < -0.4 is 14.4 Å². The zero-order valence-electron chi connectivity index (χ0n) is 25.3. The van der Waals surface area contributed by atoms with Crippen molar-refractivity contribution in [1.29, 1.82) is 0 Å². The number of anilines is 1. The van der Waals surface area contributed by atoms with Crippen molar-refractivity contribution in [3.05, 3.63) is 126 Å². The van der Waals surface area contributed by atoms with E-state index in [0.29, 0.717) is 12.4 Å². The summed E-state index contributed by atoms with van der Waals surface area (Å²) in [6, 6.07) is 32.5. The second-order valence-corrected chi connectivity index (χ2v) is 12.5. The van der Waals surface area contributed by atoms with Crippen molar-refractivity contribution < 1.29 is 22.7 Å². The van der Waals surface area contributed by atoms with Gasteiger partial charge in [-0.05, 0) is 56.2 Å². The molecule has 0 aromatic heterocycles. The molecule has 0 fully saturated rings. The highest BCUT2D eigenvalue weighted by molar-refractivity contribution is 7.92. The van der Waals surface area contributed by atoms with Crippen molar-refractivity contribution in [2.24, 2.45) is 0 Å². The number of hydrogen-bond donors (Lipinski definition) is 1. The van der Waals surface area contributed by atoms with Gasteiger partial charge in [0.05, 0.1) is 17.2 Å². The molecule has 0 spiro atoms. The Hall–Kier alpha value is -4.63. The first-order chi connectivity index (χ1) is 21.2. The third kappa shape index (κ3) is 8.26. The Bertz CT molecular complexity index is 1610. The van der Waals surface area contributed by atoms with E-state index in [1.165, 1.54) is 17.0 Å². The van der Waals surface area contributed by atoms with Gasteiger partial charge in [0.2, 0.25) is 11.8 Å². The highest BCUT2D eigenvalue weighted by Gasteiger charge is 2.35. The van der Waals surface area contributed by atoms with Crippen LogP contribution in [0.3, 0.4) is 0 Å². The van der Waals surface area contributed by atoms with Gasteiger partial charge in [0.15, 0.2) is 0 Å². The molecule has 4 aromatic carbocycles. The summed E-state index contributed by atoms with van der Waals surface area (Å²) in [6.07, 6.45) is 0.249. The van der Waals surface area contributed by atoms with Crippen molar-refractivity contribution in [3.8, 4) is 5.75 Å². The molecule has 1 atom stereocenters. The molecule has 0 heterocycles. The van der Waals surface area contributed by atoms with Crippen molar-refractivity contribution in [2.45, 2.75) is 50.7 Å². The molecule has 0 radical (unpaired) electrons. The van der Waals surface area contributed by atoms with E-state index in [9.17, 15) is 18.0 Å². The van der Waals surface area contributed by atoms with E-state index >= 15 is 0 Å². The number of carbonyl (C=O) groups excluding carboxylic acids is 2. The maximum absolute atomic E-state index is 14.5. The molecule has 0 aliphatic carbocycles. The fraction of sp³-hybridized carbons (Fsp3) is 0.257. The van der Waals surface area contributed by atoms with Crippen LogP contribution in [0.15, 0.2) is 120 Å². The minimum atomic E-state index is -4.21. The van der Waals surface area contributed by atoms with Crippen molar-refractivity contribution >= 4 is 27.5 Å². The van der Waals surface area contributed by atoms with Crippen LogP contribution in [-0.4, -0.2) is 50.4 Å². The predicted octanol–water partition coefficient (Wildman–Crippen LogP) is 5.45. The van der Waals surface area contributed by atoms with Gasteiger partial charge in [0, 0.05) is 19.0 Å². The van der Waals surface area contributed by atoms with E-state index in [0.717, 1.165) is 15.4 Å². The Labute approximate surface area is 260 Å². The molecule has 4 aromatic rings. The van der Waals surface area contributed by atoms with Gasteiger partial charge in [0.25, 0.3) is 10.0 Å². The first-order valence-corrected chi connectivity index (χ1v) is 16.1. The number of carbonyl (C=O) groups is 2. The molecule has 0 unspecified atom stereocenters. The zero-order valence-corrected chi connectivity index (χ0v) is 26.1. The fourth-order valence-corrected chi connectivity index (χ4v) is 6.33. The van der Waals surface area contributed by atoms with Gasteiger partial charge in [-0.1, -0.05) is 91.0 Å².